The van der Waals surface area contributed by atoms with Gasteiger partial charge in [-0.25, -0.2) is 4.52 Å². The molecule has 3 atom stereocenters. The summed E-state index contributed by atoms with van der Waals surface area (Å²) in [4.78, 5) is 34.0. The van der Waals surface area contributed by atoms with Crippen LogP contribution in [-0.4, -0.2) is 68.5 Å². The predicted molar refractivity (Wildman–Crippen MR) is 124 cm³/mol. The van der Waals surface area contributed by atoms with E-state index in [1.165, 1.54) is 11.6 Å². The lowest BCUT2D eigenvalue weighted by Gasteiger charge is -2.50. The van der Waals surface area contributed by atoms with Gasteiger partial charge in [-0.3, -0.25) is 9.59 Å². The molecule has 0 radical (unpaired) electrons. The summed E-state index contributed by atoms with van der Waals surface area (Å²) in [5.41, 5.74) is 1.88. The molecule has 1 N–H and O–H groups in total. The molecule has 2 aliphatic heterocycles. The molecule has 33 heavy (non-hydrogen) atoms. The zero-order chi connectivity index (χ0) is 23.3. The number of carbonyl (C=O) groups is 2. The van der Waals surface area contributed by atoms with E-state index in [-0.39, 0.29) is 23.9 Å². The number of hydrogen-bond donors (Lipinski definition) is 1. The van der Waals surface area contributed by atoms with E-state index < -0.39 is 6.04 Å². The highest BCUT2D eigenvalue weighted by Gasteiger charge is 2.44. The van der Waals surface area contributed by atoms with E-state index in [0.29, 0.717) is 34.5 Å². The topological polar surface area (TPSA) is 92.1 Å². The smallest absolute Gasteiger partial charge is 0.256 e. The third-order valence-electron chi connectivity index (χ3n) is 6.48. The van der Waals surface area contributed by atoms with Gasteiger partial charge in [-0.15, -0.1) is 5.10 Å². The van der Waals surface area contributed by atoms with Gasteiger partial charge in [-0.2, -0.15) is 4.98 Å². The number of piperazine rings is 1. The molecule has 3 aromatic rings. The molecular weight excluding hydrogens is 444 g/mol. The van der Waals surface area contributed by atoms with Crippen molar-refractivity contribution in [1.29, 1.82) is 0 Å². The number of rotatable bonds is 5. The van der Waals surface area contributed by atoms with E-state index in [1.54, 1.807) is 24.1 Å². The van der Waals surface area contributed by atoms with Gasteiger partial charge in [0.25, 0.3) is 5.91 Å². The van der Waals surface area contributed by atoms with Gasteiger partial charge in [0.05, 0.1) is 24.8 Å². The number of halogens is 1. The quantitative estimate of drug-likeness (QED) is 0.619. The van der Waals surface area contributed by atoms with Gasteiger partial charge >= 0.3 is 0 Å². The van der Waals surface area contributed by atoms with Crippen molar-refractivity contribution < 1.29 is 14.3 Å². The Morgan fingerprint density at radius 3 is 2.85 bits per heavy atom. The zero-order valence-electron chi connectivity index (χ0n) is 18.7. The number of benzene rings is 1. The molecule has 4 heterocycles. The maximum absolute atomic E-state index is 13.4. The Hall–Kier alpha value is -3.33. The summed E-state index contributed by atoms with van der Waals surface area (Å²) in [6.45, 7) is 5.08. The van der Waals surface area contributed by atoms with Gasteiger partial charge in [0.15, 0.2) is 11.4 Å². The number of aromatic nitrogens is 3. The van der Waals surface area contributed by atoms with Crippen molar-refractivity contribution in [1.82, 2.24) is 24.4 Å². The number of nitrogens with one attached hydrogen (secondary N) is 1. The molecule has 3 unspecified atom stereocenters. The molecule has 2 aliphatic rings. The Morgan fingerprint density at radius 2 is 2.15 bits per heavy atom. The summed E-state index contributed by atoms with van der Waals surface area (Å²) in [6.07, 6.45) is 2.56. The number of ether oxygens (including phenoxy) is 1. The molecule has 2 amide bonds. The summed E-state index contributed by atoms with van der Waals surface area (Å²) >= 11 is 6.11. The maximum atomic E-state index is 13.4. The summed E-state index contributed by atoms with van der Waals surface area (Å²) in [6, 6.07) is 8.75. The van der Waals surface area contributed by atoms with E-state index >= 15 is 0 Å². The minimum Gasteiger partial charge on any atom is -0.493 e. The second-order valence-corrected chi connectivity index (χ2v) is 8.97. The van der Waals surface area contributed by atoms with Gasteiger partial charge in [-0.1, -0.05) is 23.7 Å². The van der Waals surface area contributed by atoms with Crippen LogP contribution in [0.4, 0.5) is 5.95 Å². The first kappa shape index (κ1) is 21.5. The van der Waals surface area contributed by atoms with Gasteiger partial charge in [0, 0.05) is 24.3 Å². The number of amides is 2. The van der Waals surface area contributed by atoms with Gasteiger partial charge in [0.1, 0.15) is 6.04 Å². The summed E-state index contributed by atoms with van der Waals surface area (Å²) in [7, 11) is 1.53. The van der Waals surface area contributed by atoms with Crippen molar-refractivity contribution in [3.05, 3.63) is 52.7 Å². The number of anilines is 1. The number of fused-ring (bicyclic) bond motifs is 2. The summed E-state index contributed by atoms with van der Waals surface area (Å²) in [5.74, 6) is 0.608. The van der Waals surface area contributed by atoms with Crippen LogP contribution in [0, 0.1) is 0 Å². The van der Waals surface area contributed by atoms with E-state index in [9.17, 15) is 9.59 Å². The first-order valence-electron chi connectivity index (χ1n) is 10.9. The lowest BCUT2D eigenvalue weighted by molar-refractivity contribution is -0.150. The van der Waals surface area contributed by atoms with Crippen LogP contribution < -0.4 is 10.1 Å². The van der Waals surface area contributed by atoms with Gasteiger partial charge < -0.3 is 19.9 Å². The predicted octanol–water partition coefficient (Wildman–Crippen LogP) is 3.01. The third-order valence-corrected chi connectivity index (χ3v) is 6.72. The molecule has 1 aromatic carbocycles. The molecule has 0 aliphatic carbocycles. The first-order valence-corrected chi connectivity index (χ1v) is 11.3. The highest BCUT2D eigenvalue weighted by atomic mass is 35.5. The monoisotopic (exact) mass is 468 g/mol. The lowest BCUT2D eigenvalue weighted by Crippen LogP contribution is -2.67. The molecule has 0 saturated carbocycles. The fraction of sp³-hybridized carbons (Fsp3) is 0.391. The van der Waals surface area contributed by atoms with Crippen LogP contribution in [0.2, 0.25) is 5.02 Å². The minimum absolute atomic E-state index is 0.00105. The zero-order valence-corrected chi connectivity index (χ0v) is 19.4. The third kappa shape index (κ3) is 3.76. The largest absolute Gasteiger partial charge is 0.493 e. The van der Waals surface area contributed by atoms with Crippen molar-refractivity contribution >= 4 is 35.0 Å². The number of methoxy groups -OCH3 is 1. The molecule has 172 valence electrons. The standard InChI is InChI=1S/C23H25ClN6O3/c1-13(15-5-4-6-17(24)9-15)25-23-26-20-19(33-3)10-16(11-30(20)27-23)22(32)29-12-18-7-8-28(18)21(31)14(29)2/h4-6,9-11,13-14,18H,7-8,12H2,1-3H3,(H,25,27). The van der Waals surface area contributed by atoms with Gasteiger partial charge in [0.2, 0.25) is 11.9 Å². The minimum atomic E-state index is -0.498. The van der Waals surface area contributed by atoms with Crippen LogP contribution in [-0.2, 0) is 4.79 Å². The second-order valence-electron chi connectivity index (χ2n) is 8.53. The van der Waals surface area contributed by atoms with Gasteiger partial charge in [-0.05, 0) is 44.0 Å². The number of nitrogens with zero attached hydrogens (tertiary/aromatic N) is 5. The van der Waals surface area contributed by atoms with Crippen LogP contribution in [0.5, 0.6) is 5.75 Å². The van der Waals surface area contributed by atoms with Crippen molar-refractivity contribution in [2.45, 2.75) is 38.4 Å². The van der Waals surface area contributed by atoms with Crippen molar-refractivity contribution in [3.8, 4) is 5.75 Å². The van der Waals surface area contributed by atoms with Crippen LogP contribution in [0.25, 0.3) is 5.65 Å². The van der Waals surface area contributed by atoms with Crippen molar-refractivity contribution in [2.75, 3.05) is 25.5 Å². The normalized spacial score (nSPS) is 20.9. The summed E-state index contributed by atoms with van der Waals surface area (Å²) < 4.78 is 7.04. The fourth-order valence-electron chi connectivity index (χ4n) is 4.44. The molecule has 2 fully saturated rings. The maximum Gasteiger partial charge on any atom is 0.256 e. The highest BCUT2D eigenvalue weighted by Crippen LogP contribution is 2.29. The second kappa shape index (κ2) is 8.22. The first-order chi connectivity index (χ1) is 15.9. The molecule has 2 saturated heterocycles. The van der Waals surface area contributed by atoms with Crippen molar-refractivity contribution in [3.63, 3.8) is 0 Å². The Kier molecular flexibility index (Phi) is 5.36. The molecule has 9 nitrogen and oxygen atoms in total. The SMILES string of the molecule is COc1cc(C(=O)N2CC3CCN3C(=O)C2C)cn2nc(NC(C)c3cccc(Cl)c3)nc12. The lowest BCUT2D eigenvalue weighted by atomic mass is 9.95. The van der Waals surface area contributed by atoms with Crippen molar-refractivity contribution in [2.24, 2.45) is 0 Å². The number of pyridine rings is 1. The highest BCUT2D eigenvalue weighted by molar-refractivity contribution is 6.30. The Labute approximate surface area is 196 Å². The van der Waals surface area contributed by atoms with Crippen LogP contribution in [0.1, 0.15) is 42.2 Å². The average Bonchev–Trinajstić information content (AvgIpc) is 3.18. The molecule has 10 heteroatoms. The van der Waals surface area contributed by atoms with E-state index in [1.807, 2.05) is 36.1 Å². The Balaban J connectivity index is 1.43. The Bertz CT molecular complexity index is 1240. The Morgan fingerprint density at radius 1 is 1.33 bits per heavy atom. The van der Waals surface area contributed by atoms with Crippen LogP contribution >= 0.6 is 11.6 Å². The number of hydrogen-bond acceptors (Lipinski definition) is 6. The van der Waals surface area contributed by atoms with E-state index in [0.717, 1.165) is 18.5 Å². The molecular formula is C23H25ClN6O3. The fourth-order valence-corrected chi connectivity index (χ4v) is 4.64. The molecule has 0 spiro atoms. The molecule has 5 rings (SSSR count). The molecule has 2 aromatic heterocycles. The van der Waals surface area contributed by atoms with E-state index in [4.69, 9.17) is 16.3 Å². The van der Waals surface area contributed by atoms with Crippen LogP contribution in [0.3, 0.4) is 0 Å². The van der Waals surface area contributed by atoms with Crippen LogP contribution in [0.15, 0.2) is 36.5 Å². The average molecular weight is 469 g/mol. The van der Waals surface area contributed by atoms with E-state index in [2.05, 4.69) is 15.4 Å². The number of carbonyl (C=O) groups excluding carboxylic acids is 2. The summed E-state index contributed by atoms with van der Waals surface area (Å²) in [5, 5.41) is 8.43. The molecule has 0 bridgehead atoms.